The third-order valence-corrected chi connectivity index (χ3v) is 8.20. The smallest absolute Gasteiger partial charge is 0.0607 e. The molecule has 2 aliphatic heterocycles. The topological polar surface area (TPSA) is 34.6 Å². The van der Waals surface area contributed by atoms with Crippen molar-refractivity contribution < 1.29 is 0 Å². The molecular weight excluding hydrogens is 394 g/mol. The number of aryl methyl sites for hydroxylation is 1. The molecule has 6 rings (SSSR count). The maximum Gasteiger partial charge on any atom is 0.0607 e. The minimum absolute atomic E-state index is 0.453. The molecular formula is C27H37N5. The lowest BCUT2D eigenvalue weighted by Crippen LogP contribution is -2.48. The Morgan fingerprint density at radius 2 is 1.88 bits per heavy atom. The van der Waals surface area contributed by atoms with E-state index in [9.17, 15) is 0 Å². The Kier molecular flexibility index (Phi) is 5.66. The molecule has 1 aromatic heterocycles. The molecule has 2 aromatic rings. The first-order chi connectivity index (χ1) is 15.8. The number of hydrogen-bond acceptors (Lipinski definition) is 5. The molecule has 3 heterocycles. The molecule has 4 aliphatic rings. The van der Waals surface area contributed by atoms with Crippen LogP contribution in [0.4, 0.5) is 5.69 Å². The van der Waals surface area contributed by atoms with Crippen LogP contribution in [0.3, 0.4) is 0 Å². The van der Waals surface area contributed by atoms with Crippen LogP contribution in [0.25, 0.3) is 0 Å². The predicted octanol–water partition coefficient (Wildman–Crippen LogP) is 3.39. The largest absolute Gasteiger partial charge is 0.369 e. The molecule has 1 saturated carbocycles. The van der Waals surface area contributed by atoms with Gasteiger partial charge in [-0.25, -0.2) is 0 Å². The van der Waals surface area contributed by atoms with E-state index in [0.29, 0.717) is 12.1 Å². The molecule has 2 atom stereocenters. The lowest BCUT2D eigenvalue weighted by molar-refractivity contribution is 0.190. The normalized spacial score (nSPS) is 26.1. The van der Waals surface area contributed by atoms with E-state index in [1.807, 2.05) is 6.20 Å². The third kappa shape index (κ3) is 4.07. The van der Waals surface area contributed by atoms with Crippen LogP contribution in [-0.2, 0) is 19.4 Å². The van der Waals surface area contributed by atoms with E-state index in [2.05, 4.69) is 57.4 Å². The number of likely N-dealkylation sites (N-methyl/N-ethyl adjacent to an activating group) is 1. The maximum atomic E-state index is 4.78. The van der Waals surface area contributed by atoms with Gasteiger partial charge in [-0.05, 0) is 74.4 Å². The highest BCUT2D eigenvalue weighted by atomic mass is 15.3. The van der Waals surface area contributed by atoms with Gasteiger partial charge in [0.25, 0.3) is 0 Å². The summed E-state index contributed by atoms with van der Waals surface area (Å²) in [4.78, 5) is 12.7. The molecule has 5 nitrogen and oxygen atoms in total. The Labute approximate surface area is 192 Å². The van der Waals surface area contributed by atoms with Gasteiger partial charge < -0.3 is 10.2 Å². The van der Waals surface area contributed by atoms with Crippen molar-refractivity contribution in [3.05, 3.63) is 58.9 Å². The standard InChI is InChI=1S/C27H37N5/c1-30(26-9-2-5-20-7-4-12-28-27(20)26)19-22-17-24-21(18-29-22)6-3-8-25(24)32-15-13-31(14-16-32)23-10-11-23/h3-4,6-8,12,22-23,26,29H,2,5,9-11,13-19H2,1H3/t22-,26-/m0/s1. The zero-order chi connectivity index (χ0) is 21.5. The van der Waals surface area contributed by atoms with Crippen LogP contribution in [0, 0.1) is 0 Å². The van der Waals surface area contributed by atoms with Crippen molar-refractivity contribution in [1.82, 2.24) is 20.1 Å². The number of hydrogen-bond donors (Lipinski definition) is 1. The van der Waals surface area contributed by atoms with Crippen LogP contribution in [0.15, 0.2) is 36.5 Å². The number of nitrogens with one attached hydrogen (secondary N) is 1. The summed E-state index contributed by atoms with van der Waals surface area (Å²) in [5, 5.41) is 3.84. The lowest BCUT2D eigenvalue weighted by atomic mass is 9.89. The molecule has 1 aromatic carbocycles. The summed E-state index contributed by atoms with van der Waals surface area (Å²) >= 11 is 0. The molecule has 32 heavy (non-hydrogen) atoms. The van der Waals surface area contributed by atoms with Gasteiger partial charge in [-0.1, -0.05) is 18.2 Å². The fraction of sp³-hybridized carbons (Fsp3) is 0.593. The average molecular weight is 432 g/mol. The van der Waals surface area contributed by atoms with E-state index < -0.39 is 0 Å². The minimum atomic E-state index is 0.453. The quantitative estimate of drug-likeness (QED) is 0.785. The van der Waals surface area contributed by atoms with Crippen molar-refractivity contribution in [2.24, 2.45) is 0 Å². The van der Waals surface area contributed by atoms with Crippen LogP contribution in [0.5, 0.6) is 0 Å². The summed E-state index contributed by atoms with van der Waals surface area (Å²) in [6.45, 7) is 6.87. The monoisotopic (exact) mass is 431 g/mol. The molecule has 0 bridgehead atoms. The molecule has 5 heteroatoms. The summed E-state index contributed by atoms with van der Waals surface area (Å²) < 4.78 is 0. The van der Waals surface area contributed by atoms with Gasteiger partial charge in [-0.3, -0.25) is 14.8 Å². The van der Waals surface area contributed by atoms with Crippen molar-refractivity contribution in [1.29, 1.82) is 0 Å². The van der Waals surface area contributed by atoms with E-state index in [1.165, 1.54) is 80.8 Å². The van der Waals surface area contributed by atoms with E-state index in [1.54, 1.807) is 5.56 Å². The van der Waals surface area contributed by atoms with Gasteiger partial charge in [-0.15, -0.1) is 0 Å². The lowest BCUT2D eigenvalue weighted by Gasteiger charge is -2.40. The molecule has 170 valence electrons. The van der Waals surface area contributed by atoms with Gasteiger partial charge in [0, 0.05) is 63.2 Å². The van der Waals surface area contributed by atoms with Crippen molar-refractivity contribution >= 4 is 5.69 Å². The SMILES string of the molecule is CN(C[C@@H]1Cc2c(cccc2N2CCN(C3CC3)CC2)CN1)[C@H]1CCCc2cccnc21. The molecule has 2 fully saturated rings. The van der Waals surface area contributed by atoms with Crippen molar-refractivity contribution in [2.45, 2.75) is 63.2 Å². The van der Waals surface area contributed by atoms with E-state index in [-0.39, 0.29) is 0 Å². The number of fused-ring (bicyclic) bond motifs is 2. The average Bonchev–Trinajstić information content (AvgIpc) is 3.69. The number of nitrogens with zero attached hydrogens (tertiary/aromatic N) is 4. The highest BCUT2D eigenvalue weighted by molar-refractivity contribution is 5.58. The second kappa shape index (κ2) is 8.77. The fourth-order valence-corrected chi connectivity index (χ4v) is 6.28. The first kappa shape index (κ1) is 20.6. The predicted molar refractivity (Wildman–Crippen MR) is 130 cm³/mol. The number of rotatable bonds is 5. The van der Waals surface area contributed by atoms with Crippen LogP contribution in [-0.4, -0.2) is 66.6 Å². The molecule has 2 aliphatic carbocycles. The fourth-order valence-electron chi connectivity index (χ4n) is 6.28. The summed E-state index contributed by atoms with van der Waals surface area (Å²) in [6.07, 6.45) is 9.60. The summed E-state index contributed by atoms with van der Waals surface area (Å²) in [7, 11) is 2.30. The Bertz CT molecular complexity index is 947. The summed E-state index contributed by atoms with van der Waals surface area (Å²) in [5.74, 6) is 0. The number of pyridine rings is 1. The number of anilines is 1. The van der Waals surface area contributed by atoms with Gasteiger partial charge in [0.15, 0.2) is 0 Å². The van der Waals surface area contributed by atoms with Gasteiger partial charge in [-0.2, -0.15) is 0 Å². The Morgan fingerprint density at radius 3 is 2.72 bits per heavy atom. The van der Waals surface area contributed by atoms with Gasteiger partial charge >= 0.3 is 0 Å². The molecule has 0 spiro atoms. The van der Waals surface area contributed by atoms with E-state index in [4.69, 9.17) is 4.98 Å². The van der Waals surface area contributed by atoms with Gasteiger partial charge in [0.1, 0.15) is 0 Å². The zero-order valence-electron chi connectivity index (χ0n) is 19.5. The first-order valence-electron chi connectivity index (χ1n) is 12.7. The highest BCUT2D eigenvalue weighted by Gasteiger charge is 2.33. The molecule has 0 unspecified atom stereocenters. The van der Waals surface area contributed by atoms with Gasteiger partial charge in [0.05, 0.1) is 11.7 Å². The van der Waals surface area contributed by atoms with E-state index >= 15 is 0 Å². The maximum absolute atomic E-state index is 4.78. The number of aromatic nitrogens is 1. The van der Waals surface area contributed by atoms with Crippen LogP contribution >= 0.6 is 0 Å². The molecule has 0 radical (unpaired) electrons. The third-order valence-electron chi connectivity index (χ3n) is 8.20. The molecule has 1 saturated heterocycles. The Balaban J connectivity index is 1.15. The van der Waals surface area contributed by atoms with Crippen LogP contribution in [0.2, 0.25) is 0 Å². The zero-order valence-corrected chi connectivity index (χ0v) is 19.5. The Morgan fingerprint density at radius 1 is 1.03 bits per heavy atom. The van der Waals surface area contributed by atoms with Crippen LogP contribution < -0.4 is 10.2 Å². The first-order valence-corrected chi connectivity index (χ1v) is 12.7. The second-order valence-corrected chi connectivity index (χ2v) is 10.3. The Hall–Kier alpha value is -1.95. The number of piperazine rings is 1. The number of benzene rings is 1. The van der Waals surface area contributed by atoms with Crippen molar-refractivity contribution in [2.75, 3.05) is 44.7 Å². The van der Waals surface area contributed by atoms with Crippen molar-refractivity contribution in [3.8, 4) is 0 Å². The molecule has 1 N–H and O–H groups in total. The molecule has 0 amide bonds. The summed E-state index contributed by atoms with van der Waals surface area (Å²) in [5.41, 5.74) is 7.34. The van der Waals surface area contributed by atoms with Crippen LogP contribution in [0.1, 0.15) is 54.1 Å². The van der Waals surface area contributed by atoms with Crippen molar-refractivity contribution in [3.63, 3.8) is 0 Å². The second-order valence-electron chi connectivity index (χ2n) is 10.3. The van der Waals surface area contributed by atoms with E-state index in [0.717, 1.165) is 25.6 Å². The highest BCUT2D eigenvalue weighted by Crippen LogP contribution is 2.34. The minimum Gasteiger partial charge on any atom is -0.369 e. The summed E-state index contributed by atoms with van der Waals surface area (Å²) in [6, 6.07) is 13.2. The van der Waals surface area contributed by atoms with Gasteiger partial charge in [0.2, 0.25) is 0 Å².